The molecule has 4 nitrogen and oxygen atoms in total. The molecule has 0 N–H and O–H groups in total. The van der Waals surface area contributed by atoms with Crippen LogP contribution in [0.3, 0.4) is 0 Å². The van der Waals surface area contributed by atoms with Gasteiger partial charge in [0.25, 0.3) is 0 Å². The summed E-state index contributed by atoms with van der Waals surface area (Å²) < 4.78 is 29.9. The maximum absolute atomic E-state index is 13.4. The smallest absolute Gasteiger partial charge is 0.196 e. The predicted molar refractivity (Wildman–Crippen MR) is 81.6 cm³/mol. The van der Waals surface area contributed by atoms with Gasteiger partial charge in [0.1, 0.15) is 31.4 Å². The third kappa shape index (κ3) is 2.54. The maximum atomic E-state index is 13.4. The molecule has 2 aromatic carbocycles. The summed E-state index contributed by atoms with van der Waals surface area (Å²) >= 11 is 0. The molecular formula is C18H13FO4. The van der Waals surface area contributed by atoms with Gasteiger partial charge in [0.05, 0.1) is 5.56 Å². The lowest BCUT2D eigenvalue weighted by Gasteiger charge is -2.20. The first-order chi connectivity index (χ1) is 11.2. The third-order valence-electron chi connectivity index (χ3n) is 3.77. The lowest BCUT2D eigenvalue weighted by atomic mass is 9.98. The molecule has 0 spiro atoms. The van der Waals surface area contributed by atoms with E-state index >= 15 is 0 Å². The Morgan fingerprint density at radius 1 is 0.913 bits per heavy atom. The van der Waals surface area contributed by atoms with Crippen LogP contribution in [0.2, 0.25) is 0 Å². The molecule has 0 bridgehead atoms. The minimum absolute atomic E-state index is 0.159. The van der Waals surface area contributed by atoms with Crippen LogP contribution in [0, 0.1) is 5.82 Å². The highest BCUT2D eigenvalue weighted by atomic mass is 19.1. The van der Waals surface area contributed by atoms with Gasteiger partial charge in [-0.3, -0.25) is 4.79 Å². The fourth-order valence-corrected chi connectivity index (χ4v) is 2.66. The highest BCUT2D eigenvalue weighted by Crippen LogP contribution is 2.33. The van der Waals surface area contributed by atoms with Gasteiger partial charge in [-0.2, -0.15) is 0 Å². The molecule has 0 unspecified atom stereocenters. The van der Waals surface area contributed by atoms with Gasteiger partial charge in [0, 0.05) is 5.57 Å². The van der Waals surface area contributed by atoms with Gasteiger partial charge in [0.2, 0.25) is 0 Å². The van der Waals surface area contributed by atoms with Crippen molar-refractivity contribution < 1.29 is 23.4 Å². The quantitative estimate of drug-likeness (QED) is 0.758. The average molecular weight is 312 g/mol. The Morgan fingerprint density at radius 3 is 2.57 bits per heavy atom. The van der Waals surface area contributed by atoms with Crippen molar-refractivity contribution in [3.05, 3.63) is 58.9 Å². The number of ether oxygens (including phenoxy) is 3. The third-order valence-corrected chi connectivity index (χ3v) is 3.77. The topological polar surface area (TPSA) is 44.8 Å². The summed E-state index contributed by atoms with van der Waals surface area (Å²) in [4.78, 5) is 12.5. The minimum atomic E-state index is -0.457. The number of rotatable bonds is 1. The molecule has 4 rings (SSSR count). The number of hydrogen-bond acceptors (Lipinski definition) is 4. The van der Waals surface area contributed by atoms with E-state index in [1.54, 1.807) is 6.08 Å². The number of carbonyl (C=O) groups excluding carboxylic acids is 1. The second kappa shape index (κ2) is 5.43. The standard InChI is InChI=1S/C18H13FO4/c19-13-2-4-15-14(9-13)18(20)12(10-23-15)7-11-1-3-16-17(8-11)22-6-5-21-16/h1-4,7-9H,5-6,10H2. The lowest BCUT2D eigenvalue weighted by molar-refractivity contribution is 0.1000. The van der Waals surface area contributed by atoms with Crippen LogP contribution in [0.4, 0.5) is 4.39 Å². The van der Waals surface area contributed by atoms with E-state index < -0.39 is 5.82 Å². The van der Waals surface area contributed by atoms with Crippen molar-refractivity contribution in [2.75, 3.05) is 19.8 Å². The van der Waals surface area contributed by atoms with Gasteiger partial charge in [-0.15, -0.1) is 0 Å². The number of Topliss-reactive ketones (excluding diaryl/α,β-unsaturated/α-hetero) is 1. The maximum Gasteiger partial charge on any atom is 0.196 e. The summed E-state index contributed by atoms with van der Waals surface area (Å²) in [6, 6.07) is 9.42. The second-order valence-corrected chi connectivity index (χ2v) is 5.33. The SMILES string of the molecule is O=C1C(=Cc2ccc3c(c2)OCCO3)COc2ccc(F)cc21. The van der Waals surface area contributed by atoms with E-state index in [9.17, 15) is 9.18 Å². The van der Waals surface area contributed by atoms with E-state index in [-0.39, 0.29) is 18.0 Å². The molecule has 0 atom stereocenters. The minimum Gasteiger partial charge on any atom is -0.488 e. The Morgan fingerprint density at radius 2 is 1.70 bits per heavy atom. The molecule has 0 fully saturated rings. The fourth-order valence-electron chi connectivity index (χ4n) is 2.66. The molecule has 2 heterocycles. The molecule has 0 saturated heterocycles. The number of carbonyl (C=O) groups is 1. The van der Waals surface area contributed by atoms with Crippen LogP contribution in [0.15, 0.2) is 42.0 Å². The van der Waals surface area contributed by atoms with Crippen molar-refractivity contribution in [2.45, 2.75) is 0 Å². The molecule has 23 heavy (non-hydrogen) atoms. The molecule has 0 amide bonds. The van der Waals surface area contributed by atoms with E-state index in [1.165, 1.54) is 18.2 Å². The van der Waals surface area contributed by atoms with Crippen LogP contribution in [-0.2, 0) is 0 Å². The van der Waals surface area contributed by atoms with Crippen molar-refractivity contribution in [1.82, 2.24) is 0 Å². The Balaban J connectivity index is 1.68. The molecular weight excluding hydrogens is 299 g/mol. The van der Waals surface area contributed by atoms with Crippen molar-refractivity contribution in [2.24, 2.45) is 0 Å². The molecule has 0 aliphatic carbocycles. The van der Waals surface area contributed by atoms with Gasteiger partial charge in [-0.1, -0.05) is 6.07 Å². The molecule has 0 radical (unpaired) electrons. The Labute approximate surface area is 132 Å². The highest BCUT2D eigenvalue weighted by Gasteiger charge is 2.24. The summed E-state index contributed by atoms with van der Waals surface area (Å²) in [5.74, 6) is 1.08. The van der Waals surface area contributed by atoms with E-state index in [0.717, 1.165) is 5.56 Å². The zero-order valence-electron chi connectivity index (χ0n) is 12.2. The van der Waals surface area contributed by atoms with Crippen molar-refractivity contribution in [1.29, 1.82) is 0 Å². The van der Waals surface area contributed by atoms with Crippen LogP contribution in [0.1, 0.15) is 15.9 Å². The number of fused-ring (bicyclic) bond motifs is 2. The van der Waals surface area contributed by atoms with Crippen LogP contribution in [0.25, 0.3) is 6.08 Å². The largest absolute Gasteiger partial charge is 0.488 e. The number of halogens is 1. The predicted octanol–water partition coefficient (Wildman–Crippen LogP) is 3.26. The van der Waals surface area contributed by atoms with Gasteiger partial charge in [-0.05, 0) is 42.0 Å². The van der Waals surface area contributed by atoms with Crippen LogP contribution in [0.5, 0.6) is 17.2 Å². The number of hydrogen-bond donors (Lipinski definition) is 0. The molecule has 2 aliphatic rings. The van der Waals surface area contributed by atoms with Crippen molar-refractivity contribution in [3.8, 4) is 17.2 Å². The molecule has 116 valence electrons. The number of benzene rings is 2. The first kappa shape index (κ1) is 13.8. The highest BCUT2D eigenvalue weighted by molar-refractivity contribution is 6.14. The van der Waals surface area contributed by atoms with Crippen molar-refractivity contribution in [3.63, 3.8) is 0 Å². The first-order valence-electron chi connectivity index (χ1n) is 7.28. The Hall–Kier alpha value is -2.82. The van der Waals surface area contributed by atoms with E-state index in [0.29, 0.717) is 36.0 Å². The Kier molecular flexibility index (Phi) is 3.26. The summed E-state index contributed by atoms with van der Waals surface area (Å²) in [6.45, 7) is 1.19. The fraction of sp³-hybridized carbons (Fsp3) is 0.167. The van der Waals surface area contributed by atoms with E-state index in [2.05, 4.69) is 0 Å². The first-order valence-corrected chi connectivity index (χ1v) is 7.28. The Bertz CT molecular complexity index is 826. The van der Waals surface area contributed by atoms with Gasteiger partial charge < -0.3 is 14.2 Å². The molecule has 2 aromatic rings. The number of ketones is 1. The normalized spacial score (nSPS) is 17.6. The summed E-state index contributed by atoms with van der Waals surface area (Å²) in [7, 11) is 0. The van der Waals surface area contributed by atoms with Gasteiger partial charge >= 0.3 is 0 Å². The average Bonchev–Trinajstić information content (AvgIpc) is 2.58. The molecule has 0 saturated carbocycles. The molecule has 2 aliphatic heterocycles. The summed E-state index contributed by atoms with van der Waals surface area (Å²) in [6.07, 6.45) is 1.73. The van der Waals surface area contributed by atoms with E-state index in [1.807, 2.05) is 18.2 Å². The summed E-state index contributed by atoms with van der Waals surface area (Å²) in [5, 5.41) is 0. The molecule has 0 aromatic heterocycles. The van der Waals surface area contributed by atoms with Gasteiger partial charge in [-0.25, -0.2) is 4.39 Å². The zero-order chi connectivity index (χ0) is 15.8. The zero-order valence-corrected chi connectivity index (χ0v) is 12.2. The van der Waals surface area contributed by atoms with Gasteiger partial charge in [0.15, 0.2) is 17.3 Å². The summed E-state index contributed by atoms with van der Waals surface area (Å²) in [5.41, 5.74) is 1.53. The monoisotopic (exact) mass is 312 g/mol. The van der Waals surface area contributed by atoms with Crippen molar-refractivity contribution >= 4 is 11.9 Å². The van der Waals surface area contributed by atoms with Crippen LogP contribution < -0.4 is 14.2 Å². The molecule has 5 heteroatoms. The van der Waals surface area contributed by atoms with E-state index in [4.69, 9.17) is 14.2 Å². The van der Waals surface area contributed by atoms with Crippen LogP contribution >= 0.6 is 0 Å². The lowest BCUT2D eigenvalue weighted by Crippen LogP contribution is -2.19. The second-order valence-electron chi connectivity index (χ2n) is 5.33. The van der Waals surface area contributed by atoms with Crippen LogP contribution in [-0.4, -0.2) is 25.6 Å².